The molecule has 0 aliphatic heterocycles. The highest BCUT2D eigenvalue weighted by Gasteiger charge is 2.22. The molecular formula is C24H18N2O7. The fourth-order valence-electron chi connectivity index (χ4n) is 3.15. The van der Waals surface area contributed by atoms with Crippen molar-refractivity contribution in [3.05, 3.63) is 99.7 Å². The van der Waals surface area contributed by atoms with Crippen molar-refractivity contribution in [2.75, 3.05) is 0 Å². The second-order valence-electron chi connectivity index (χ2n) is 7.15. The van der Waals surface area contributed by atoms with Gasteiger partial charge in [0.2, 0.25) is 0 Å². The van der Waals surface area contributed by atoms with Gasteiger partial charge in [0.05, 0.1) is 4.92 Å². The number of hydrogen-bond acceptors (Lipinski definition) is 7. The minimum atomic E-state index is -1.23. The van der Waals surface area contributed by atoms with E-state index in [1.165, 1.54) is 30.3 Å². The van der Waals surface area contributed by atoms with Gasteiger partial charge in [-0.2, -0.15) is 0 Å². The van der Waals surface area contributed by atoms with Crippen molar-refractivity contribution < 1.29 is 28.8 Å². The Morgan fingerprint density at radius 1 is 1.06 bits per heavy atom. The Labute approximate surface area is 187 Å². The molecule has 4 rings (SSSR count). The van der Waals surface area contributed by atoms with Gasteiger partial charge in [0.1, 0.15) is 29.4 Å². The number of carbonyl (C=O) groups is 1. The van der Waals surface area contributed by atoms with Gasteiger partial charge in [-0.15, -0.1) is 0 Å². The van der Waals surface area contributed by atoms with Gasteiger partial charge < -0.3 is 19.1 Å². The second-order valence-corrected chi connectivity index (χ2v) is 7.15. The van der Waals surface area contributed by atoms with Crippen molar-refractivity contribution >= 4 is 11.7 Å². The fraction of sp³-hybridized carbons (Fsp3) is 0.0833. The predicted octanol–water partition coefficient (Wildman–Crippen LogP) is 5.63. The van der Waals surface area contributed by atoms with Crippen molar-refractivity contribution in [1.82, 2.24) is 5.16 Å². The van der Waals surface area contributed by atoms with Crippen LogP contribution < -0.4 is 9.47 Å². The number of nitro benzene ring substituents is 1. The van der Waals surface area contributed by atoms with Crippen LogP contribution in [0.2, 0.25) is 0 Å². The lowest BCUT2D eigenvalue weighted by Gasteiger charge is -2.16. The van der Waals surface area contributed by atoms with Gasteiger partial charge in [-0.05, 0) is 42.3 Å². The van der Waals surface area contributed by atoms with Crippen LogP contribution >= 0.6 is 0 Å². The molecule has 0 fully saturated rings. The van der Waals surface area contributed by atoms with Crippen molar-refractivity contribution in [3.63, 3.8) is 0 Å². The molecule has 4 aromatic rings. The van der Waals surface area contributed by atoms with Crippen LogP contribution in [0, 0.1) is 17.0 Å². The fourth-order valence-corrected chi connectivity index (χ4v) is 3.15. The standard InChI is InChI=1S/C24H18N2O7/c1-15-11-20(31-14-16-5-3-2-4-6-16)23(22-13-19(24(27)28)25-33-22)21(12-15)32-18-9-7-17(8-10-18)26(29)30/h2-13H,14H2,1H3,(H,27,28). The molecule has 0 radical (unpaired) electrons. The van der Waals surface area contributed by atoms with Crippen LogP contribution in [-0.4, -0.2) is 21.2 Å². The number of hydrogen-bond donors (Lipinski definition) is 1. The monoisotopic (exact) mass is 446 g/mol. The van der Waals surface area contributed by atoms with Crippen molar-refractivity contribution in [3.8, 4) is 28.6 Å². The molecule has 166 valence electrons. The van der Waals surface area contributed by atoms with Crippen LogP contribution in [0.25, 0.3) is 11.3 Å². The van der Waals surface area contributed by atoms with Crippen molar-refractivity contribution in [1.29, 1.82) is 0 Å². The third kappa shape index (κ3) is 4.99. The predicted molar refractivity (Wildman–Crippen MR) is 118 cm³/mol. The van der Waals surface area contributed by atoms with E-state index in [2.05, 4.69) is 5.16 Å². The summed E-state index contributed by atoms with van der Waals surface area (Å²) in [4.78, 5) is 21.7. The van der Waals surface area contributed by atoms with Crippen LogP contribution in [0.4, 0.5) is 5.69 Å². The minimum absolute atomic E-state index is 0.0694. The van der Waals surface area contributed by atoms with Gasteiger partial charge in [0, 0.05) is 18.2 Å². The Bertz CT molecular complexity index is 1300. The summed E-state index contributed by atoms with van der Waals surface area (Å²) in [6.45, 7) is 2.11. The van der Waals surface area contributed by atoms with Crippen LogP contribution in [0.3, 0.4) is 0 Å². The lowest BCUT2D eigenvalue weighted by molar-refractivity contribution is -0.384. The molecule has 0 aliphatic rings. The molecule has 3 aromatic carbocycles. The van der Waals surface area contributed by atoms with Crippen molar-refractivity contribution in [2.24, 2.45) is 0 Å². The number of rotatable bonds is 8. The molecule has 0 amide bonds. The molecule has 0 aliphatic carbocycles. The number of aromatic carboxylic acids is 1. The zero-order valence-electron chi connectivity index (χ0n) is 17.4. The summed E-state index contributed by atoms with van der Waals surface area (Å²) in [6.07, 6.45) is 0. The smallest absolute Gasteiger partial charge is 0.358 e. The molecule has 9 heteroatoms. The number of nitro groups is 1. The summed E-state index contributed by atoms with van der Waals surface area (Å²) < 4.78 is 17.4. The zero-order chi connectivity index (χ0) is 23.4. The lowest BCUT2D eigenvalue weighted by Crippen LogP contribution is -1.99. The number of non-ortho nitro benzene ring substituents is 1. The van der Waals surface area contributed by atoms with E-state index < -0.39 is 10.9 Å². The molecule has 0 bridgehead atoms. The summed E-state index contributed by atoms with van der Waals surface area (Å²) in [5, 5.41) is 23.8. The number of aryl methyl sites for hydroxylation is 1. The van der Waals surface area contributed by atoms with Crippen LogP contribution in [0.1, 0.15) is 21.6 Å². The molecule has 9 nitrogen and oxygen atoms in total. The van der Waals surface area contributed by atoms with E-state index >= 15 is 0 Å². The first-order chi connectivity index (χ1) is 15.9. The van der Waals surface area contributed by atoms with Gasteiger partial charge in [-0.1, -0.05) is 35.5 Å². The van der Waals surface area contributed by atoms with E-state index in [9.17, 15) is 20.0 Å². The number of benzene rings is 3. The summed E-state index contributed by atoms with van der Waals surface area (Å²) in [5.41, 5.74) is 1.79. The normalized spacial score (nSPS) is 10.6. The summed E-state index contributed by atoms with van der Waals surface area (Å²) in [5.74, 6) is -0.0163. The van der Waals surface area contributed by atoms with Gasteiger partial charge in [0.15, 0.2) is 11.5 Å². The first-order valence-corrected chi connectivity index (χ1v) is 9.85. The number of carboxylic acids is 1. The first-order valence-electron chi connectivity index (χ1n) is 9.85. The molecule has 0 unspecified atom stereocenters. The molecule has 33 heavy (non-hydrogen) atoms. The van der Waals surface area contributed by atoms with Crippen molar-refractivity contribution in [2.45, 2.75) is 13.5 Å². The van der Waals surface area contributed by atoms with E-state index in [4.69, 9.17) is 14.0 Å². The van der Waals surface area contributed by atoms with Crippen LogP contribution in [-0.2, 0) is 6.61 Å². The minimum Gasteiger partial charge on any atom is -0.488 e. The summed E-state index contributed by atoms with van der Waals surface area (Å²) in [6, 6.07) is 19.9. The Hall–Kier alpha value is -4.66. The third-order valence-electron chi connectivity index (χ3n) is 4.70. The number of aromatic nitrogens is 1. The molecular weight excluding hydrogens is 428 g/mol. The third-order valence-corrected chi connectivity index (χ3v) is 4.70. The van der Waals surface area contributed by atoms with Crippen LogP contribution in [0.5, 0.6) is 17.2 Å². The maximum absolute atomic E-state index is 11.3. The summed E-state index contributed by atoms with van der Waals surface area (Å²) >= 11 is 0. The molecule has 1 heterocycles. The highest BCUT2D eigenvalue weighted by molar-refractivity contribution is 5.87. The van der Waals surface area contributed by atoms with Crippen LogP contribution in [0.15, 0.2) is 77.3 Å². The van der Waals surface area contributed by atoms with Gasteiger partial charge in [-0.25, -0.2) is 4.79 Å². The highest BCUT2D eigenvalue weighted by atomic mass is 16.6. The summed E-state index contributed by atoms with van der Waals surface area (Å²) in [7, 11) is 0. The quantitative estimate of drug-likeness (QED) is 0.273. The number of nitrogens with zero attached hydrogens (tertiary/aromatic N) is 2. The van der Waals surface area contributed by atoms with E-state index in [-0.39, 0.29) is 23.7 Å². The van der Waals surface area contributed by atoms with Gasteiger partial charge >= 0.3 is 5.97 Å². The SMILES string of the molecule is Cc1cc(OCc2ccccc2)c(-c2cc(C(=O)O)no2)c(Oc2ccc([N+](=O)[O-])cc2)c1. The molecule has 0 saturated carbocycles. The van der Waals surface area contributed by atoms with E-state index in [0.717, 1.165) is 11.1 Å². The Morgan fingerprint density at radius 2 is 1.76 bits per heavy atom. The lowest BCUT2D eigenvalue weighted by atomic mass is 10.1. The molecule has 0 atom stereocenters. The Balaban J connectivity index is 1.75. The first kappa shape index (κ1) is 21.6. The largest absolute Gasteiger partial charge is 0.488 e. The average molecular weight is 446 g/mol. The molecule has 1 aromatic heterocycles. The van der Waals surface area contributed by atoms with E-state index in [1.54, 1.807) is 12.1 Å². The number of carboxylic acid groups (broad SMARTS) is 1. The maximum atomic E-state index is 11.3. The van der Waals surface area contributed by atoms with Gasteiger partial charge in [0.25, 0.3) is 5.69 Å². The number of ether oxygens (including phenoxy) is 2. The molecule has 0 spiro atoms. The Kier molecular flexibility index (Phi) is 6.03. The molecule has 1 N–H and O–H groups in total. The second kappa shape index (κ2) is 9.23. The van der Waals surface area contributed by atoms with Gasteiger partial charge in [-0.3, -0.25) is 10.1 Å². The molecule has 0 saturated heterocycles. The zero-order valence-corrected chi connectivity index (χ0v) is 17.4. The van der Waals surface area contributed by atoms with E-state index in [0.29, 0.717) is 22.8 Å². The highest BCUT2D eigenvalue weighted by Crippen LogP contribution is 2.42. The Morgan fingerprint density at radius 3 is 2.39 bits per heavy atom. The van der Waals surface area contributed by atoms with E-state index in [1.807, 2.05) is 37.3 Å². The average Bonchev–Trinajstić information content (AvgIpc) is 3.29. The topological polar surface area (TPSA) is 125 Å². The maximum Gasteiger partial charge on any atom is 0.358 e.